The summed E-state index contributed by atoms with van der Waals surface area (Å²) in [6.45, 7) is 7.94. The molecule has 1 aromatic carbocycles. The fourth-order valence-electron chi connectivity index (χ4n) is 2.31. The molecule has 1 nitrogen and oxygen atoms in total. The zero-order valence-electron chi connectivity index (χ0n) is 11.6. The van der Waals surface area contributed by atoms with Gasteiger partial charge in [0.05, 0.1) is 6.54 Å². The first-order valence-electron chi connectivity index (χ1n) is 6.87. The molecule has 19 heavy (non-hydrogen) atoms. The van der Waals surface area contributed by atoms with Crippen LogP contribution in [0.4, 0.5) is 0 Å². The van der Waals surface area contributed by atoms with E-state index in [2.05, 4.69) is 47.6 Å². The van der Waals surface area contributed by atoms with Crippen molar-refractivity contribution in [1.29, 1.82) is 0 Å². The topological polar surface area (TPSA) is 3.24 Å². The van der Waals surface area contributed by atoms with E-state index in [0.29, 0.717) is 6.04 Å². The maximum absolute atomic E-state index is 3.91. The summed E-state index contributed by atoms with van der Waals surface area (Å²) in [6, 6.07) is 10.7. The SMILES string of the molecule is C=C(C)/C=C/C1CCCN1CC#Cc1ccccc1. The average Bonchev–Trinajstić information content (AvgIpc) is 2.85. The van der Waals surface area contributed by atoms with Gasteiger partial charge in [-0.2, -0.15) is 0 Å². The third kappa shape index (κ3) is 4.43. The average molecular weight is 251 g/mol. The Labute approximate surface area is 116 Å². The van der Waals surface area contributed by atoms with Crippen molar-refractivity contribution in [2.45, 2.75) is 25.8 Å². The van der Waals surface area contributed by atoms with Crippen LogP contribution in [0.1, 0.15) is 25.3 Å². The number of allylic oxidation sites excluding steroid dienone is 2. The normalized spacial score (nSPS) is 19.3. The molecule has 1 aliphatic heterocycles. The molecule has 1 fully saturated rings. The molecular weight excluding hydrogens is 230 g/mol. The largest absolute Gasteiger partial charge is 0.286 e. The highest BCUT2D eigenvalue weighted by molar-refractivity contribution is 5.33. The maximum Gasteiger partial charge on any atom is 0.0610 e. The number of hydrogen-bond acceptors (Lipinski definition) is 1. The van der Waals surface area contributed by atoms with E-state index in [1.807, 2.05) is 25.1 Å². The Morgan fingerprint density at radius 1 is 1.42 bits per heavy atom. The summed E-state index contributed by atoms with van der Waals surface area (Å²) in [5.74, 6) is 6.50. The van der Waals surface area contributed by atoms with E-state index in [4.69, 9.17) is 0 Å². The molecule has 1 unspecified atom stereocenters. The molecule has 0 N–H and O–H groups in total. The van der Waals surface area contributed by atoms with Crippen LogP contribution in [0.3, 0.4) is 0 Å². The third-order valence-electron chi connectivity index (χ3n) is 3.31. The van der Waals surface area contributed by atoms with E-state index < -0.39 is 0 Å². The summed E-state index contributed by atoms with van der Waals surface area (Å²) in [6.07, 6.45) is 6.88. The van der Waals surface area contributed by atoms with Crippen LogP contribution in [-0.2, 0) is 0 Å². The Morgan fingerprint density at radius 3 is 2.95 bits per heavy atom. The Balaban J connectivity index is 1.92. The van der Waals surface area contributed by atoms with Crippen molar-refractivity contribution in [3.8, 4) is 11.8 Å². The molecule has 1 saturated heterocycles. The van der Waals surface area contributed by atoms with E-state index in [-0.39, 0.29) is 0 Å². The number of hydrogen-bond donors (Lipinski definition) is 0. The van der Waals surface area contributed by atoms with Crippen LogP contribution in [0.2, 0.25) is 0 Å². The number of rotatable bonds is 3. The van der Waals surface area contributed by atoms with Crippen LogP contribution in [0.5, 0.6) is 0 Å². The van der Waals surface area contributed by atoms with Gasteiger partial charge in [-0.15, -0.1) is 0 Å². The van der Waals surface area contributed by atoms with E-state index in [9.17, 15) is 0 Å². The van der Waals surface area contributed by atoms with Crippen molar-refractivity contribution < 1.29 is 0 Å². The lowest BCUT2D eigenvalue weighted by atomic mass is 10.2. The van der Waals surface area contributed by atoms with Crippen molar-refractivity contribution in [2.75, 3.05) is 13.1 Å². The molecule has 0 aromatic heterocycles. The van der Waals surface area contributed by atoms with Gasteiger partial charge in [-0.3, -0.25) is 4.90 Å². The van der Waals surface area contributed by atoms with Gasteiger partial charge in [-0.1, -0.05) is 54.3 Å². The first kappa shape index (κ1) is 13.6. The fraction of sp³-hybridized carbons (Fsp3) is 0.333. The number of likely N-dealkylation sites (tertiary alicyclic amines) is 1. The lowest BCUT2D eigenvalue weighted by Crippen LogP contribution is -2.28. The van der Waals surface area contributed by atoms with Gasteiger partial charge in [0.2, 0.25) is 0 Å². The molecule has 0 radical (unpaired) electrons. The highest BCUT2D eigenvalue weighted by Gasteiger charge is 2.20. The van der Waals surface area contributed by atoms with Crippen LogP contribution in [-0.4, -0.2) is 24.0 Å². The molecular formula is C18H21N. The third-order valence-corrected chi connectivity index (χ3v) is 3.31. The van der Waals surface area contributed by atoms with Gasteiger partial charge in [-0.25, -0.2) is 0 Å². The molecule has 0 amide bonds. The Bertz CT molecular complexity index is 501. The Hall–Kier alpha value is -1.78. The van der Waals surface area contributed by atoms with E-state index in [0.717, 1.165) is 24.2 Å². The molecule has 1 aromatic rings. The van der Waals surface area contributed by atoms with Crippen LogP contribution in [0.25, 0.3) is 0 Å². The molecule has 0 aliphatic carbocycles. The van der Waals surface area contributed by atoms with Gasteiger partial charge in [0.1, 0.15) is 0 Å². The van der Waals surface area contributed by atoms with Crippen LogP contribution < -0.4 is 0 Å². The lowest BCUT2D eigenvalue weighted by Gasteiger charge is -2.18. The molecule has 0 bridgehead atoms. The molecule has 0 saturated carbocycles. The van der Waals surface area contributed by atoms with Crippen molar-refractivity contribution in [2.24, 2.45) is 0 Å². The Kier molecular flexibility index (Phi) is 5.01. The van der Waals surface area contributed by atoms with Crippen molar-refractivity contribution in [1.82, 2.24) is 4.90 Å². The zero-order valence-corrected chi connectivity index (χ0v) is 11.6. The van der Waals surface area contributed by atoms with Gasteiger partial charge in [0, 0.05) is 11.6 Å². The van der Waals surface area contributed by atoms with Gasteiger partial charge >= 0.3 is 0 Å². The first-order valence-corrected chi connectivity index (χ1v) is 6.87. The predicted octanol–water partition coefficient (Wildman–Crippen LogP) is 3.63. The summed E-state index contributed by atoms with van der Waals surface area (Å²) >= 11 is 0. The molecule has 0 spiro atoms. The predicted molar refractivity (Wildman–Crippen MR) is 81.9 cm³/mol. The minimum Gasteiger partial charge on any atom is -0.286 e. The van der Waals surface area contributed by atoms with Gasteiger partial charge < -0.3 is 0 Å². The minimum absolute atomic E-state index is 0.529. The van der Waals surface area contributed by atoms with E-state index in [1.54, 1.807) is 0 Å². The quantitative estimate of drug-likeness (QED) is 0.585. The second-order valence-electron chi connectivity index (χ2n) is 5.05. The Morgan fingerprint density at radius 2 is 2.21 bits per heavy atom. The van der Waals surface area contributed by atoms with Gasteiger partial charge in [-0.05, 0) is 38.4 Å². The highest BCUT2D eigenvalue weighted by Crippen LogP contribution is 2.18. The standard InChI is InChI=1S/C18H21N/c1-16(2)12-13-18-11-7-15-19(18)14-6-10-17-8-4-3-5-9-17/h3-5,8-9,12-13,18H,1,7,11,14-15H2,2H3/b13-12+. The van der Waals surface area contributed by atoms with Crippen LogP contribution in [0, 0.1) is 11.8 Å². The molecule has 1 atom stereocenters. The first-order chi connectivity index (χ1) is 9.25. The van der Waals surface area contributed by atoms with E-state index in [1.165, 1.54) is 12.8 Å². The maximum atomic E-state index is 3.91. The smallest absolute Gasteiger partial charge is 0.0610 e. The summed E-state index contributed by atoms with van der Waals surface area (Å²) in [5.41, 5.74) is 2.21. The second kappa shape index (κ2) is 6.97. The van der Waals surface area contributed by atoms with Crippen molar-refractivity contribution in [3.05, 3.63) is 60.2 Å². The van der Waals surface area contributed by atoms with E-state index >= 15 is 0 Å². The molecule has 2 rings (SSSR count). The van der Waals surface area contributed by atoms with Crippen molar-refractivity contribution in [3.63, 3.8) is 0 Å². The summed E-state index contributed by atoms with van der Waals surface area (Å²) in [4.78, 5) is 2.44. The monoisotopic (exact) mass is 251 g/mol. The molecule has 1 aliphatic rings. The second-order valence-corrected chi connectivity index (χ2v) is 5.05. The summed E-state index contributed by atoms with van der Waals surface area (Å²) < 4.78 is 0. The van der Waals surface area contributed by atoms with Crippen molar-refractivity contribution >= 4 is 0 Å². The molecule has 1 heterocycles. The van der Waals surface area contributed by atoms with Gasteiger partial charge in [0.15, 0.2) is 0 Å². The van der Waals surface area contributed by atoms with Gasteiger partial charge in [0.25, 0.3) is 0 Å². The summed E-state index contributed by atoms with van der Waals surface area (Å²) in [7, 11) is 0. The summed E-state index contributed by atoms with van der Waals surface area (Å²) in [5, 5.41) is 0. The molecule has 1 heteroatoms. The number of nitrogens with zero attached hydrogens (tertiary/aromatic N) is 1. The van der Waals surface area contributed by atoms with Crippen LogP contribution in [0.15, 0.2) is 54.6 Å². The van der Waals surface area contributed by atoms with Crippen LogP contribution >= 0.6 is 0 Å². The number of benzene rings is 1. The lowest BCUT2D eigenvalue weighted by molar-refractivity contribution is 0.327. The zero-order chi connectivity index (χ0) is 13.5. The fourth-order valence-corrected chi connectivity index (χ4v) is 2.31. The highest BCUT2D eigenvalue weighted by atomic mass is 15.2. The minimum atomic E-state index is 0.529. The molecule has 98 valence electrons.